The van der Waals surface area contributed by atoms with Gasteiger partial charge in [-0.25, -0.2) is 9.79 Å². The van der Waals surface area contributed by atoms with Crippen molar-refractivity contribution in [2.24, 2.45) is 4.99 Å². The molecule has 1 atom stereocenters. The number of rotatable bonds is 9. The van der Waals surface area contributed by atoms with E-state index in [2.05, 4.69) is 15.3 Å². The van der Waals surface area contributed by atoms with E-state index in [1.165, 1.54) is 18.9 Å². The first-order valence-corrected chi connectivity index (χ1v) is 12.6. The number of carbonyl (C=O) groups is 2. The van der Waals surface area contributed by atoms with E-state index in [1.54, 1.807) is 41.9 Å². The summed E-state index contributed by atoms with van der Waals surface area (Å²) in [6, 6.07) is 10.7. The predicted molar refractivity (Wildman–Crippen MR) is 136 cm³/mol. The number of nitrogens with one attached hydrogen (secondary N) is 1. The van der Waals surface area contributed by atoms with Gasteiger partial charge in [0.15, 0.2) is 10.9 Å². The number of hydrogen-bond donors (Lipinski definition) is 1. The van der Waals surface area contributed by atoms with Crippen LogP contribution in [0.25, 0.3) is 0 Å². The van der Waals surface area contributed by atoms with Crippen LogP contribution in [0.3, 0.4) is 0 Å². The van der Waals surface area contributed by atoms with E-state index in [4.69, 9.17) is 9.47 Å². The molecular formula is C26H25F3N4O4S. The Morgan fingerprint density at radius 1 is 1.16 bits per heavy atom. The van der Waals surface area contributed by atoms with Gasteiger partial charge in [0.2, 0.25) is 5.91 Å². The van der Waals surface area contributed by atoms with Gasteiger partial charge in [-0.05, 0) is 30.5 Å². The third kappa shape index (κ3) is 5.85. The summed E-state index contributed by atoms with van der Waals surface area (Å²) in [4.78, 5) is 35.3. The number of aromatic nitrogens is 1. The lowest BCUT2D eigenvalue weighted by Crippen LogP contribution is -2.40. The standard InChI is InChI=1S/C26H25F3N4O4S/c1-3-37-24(35)21-22(18-9-4-5-10-19(18)36-2)33-17(15-38-25(33)32-23(21)26(27,28)29)14-20(34)31-13-11-16-8-6-7-12-30-16/h4-10,12,15,22H,3,11,13-14H2,1-2H3,(H,31,34). The third-order valence-corrected chi connectivity index (χ3v) is 6.67. The Labute approximate surface area is 221 Å². The van der Waals surface area contributed by atoms with E-state index in [0.29, 0.717) is 24.2 Å². The molecule has 0 saturated carbocycles. The van der Waals surface area contributed by atoms with Gasteiger partial charge in [-0.1, -0.05) is 36.0 Å². The first-order chi connectivity index (χ1) is 18.2. The van der Waals surface area contributed by atoms with Crippen LogP contribution in [0.15, 0.2) is 76.0 Å². The number of para-hydroxylation sites is 1. The number of amides is 1. The number of benzene rings is 1. The number of carbonyl (C=O) groups excluding carboxylic acids is 2. The van der Waals surface area contributed by atoms with Crippen molar-refractivity contribution in [3.63, 3.8) is 0 Å². The van der Waals surface area contributed by atoms with Crippen LogP contribution in [0.2, 0.25) is 0 Å². The lowest BCUT2D eigenvalue weighted by Gasteiger charge is -2.37. The summed E-state index contributed by atoms with van der Waals surface area (Å²) in [5.41, 5.74) is -0.496. The smallest absolute Gasteiger partial charge is 0.434 e. The van der Waals surface area contributed by atoms with Crippen LogP contribution in [0.1, 0.15) is 30.6 Å². The predicted octanol–water partition coefficient (Wildman–Crippen LogP) is 4.52. The number of esters is 1. The molecule has 2 aromatic rings. The fourth-order valence-corrected chi connectivity index (χ4v) is 5.10. The molecule has 2 aliphatic heterocycles. The Bertz CT molecular complexity index is 1290. The SMILES string of the molecule is CCOC(=O)C1=C(C(F)(F)F)N=C2SC=C(CC(=O)NCCc3ccccn3)N2C1c1ccccc1OC. The number of allylic oxidation sites excluding steroid dienone is 1. The van der Waals surface area contributed by atoms with Crippen molar-refractivity contribution in [3.8, 4) is 5.75 Å². The van der Waals surface area contributed by atoms with Crippen molar-refractivity contribution >= 4 is 28.8 Å². The number of thioether (sulfide) groups is 1. The van der Waals surface area contributed by atoms with Gasteiger partial charge in [-0.2, -0.15) is 13.2 Å². The number of nitrogens with zero attached hydrogens (tertiary/aromatic N) is 3. The molecule has 0 radical (unpaired) electrons. The molecule has 3 heterocycles. The Morgan fingerprint density at radius 3 is 2.61 bits per heavy atom. The number of amidine groups is 1. The zero-order valence-electron chi connectivity index (χ0n) is 20.6. The highest BCUT2D eigenvalue weighted by molar-refractivity contribution is 8.16. The van der Waals surface area contributed by atoms with E-state index in [1.807, 2.05) is 12.1 Å². The number of aliphatic imine (C=N–C) groups is 1. The molecule has 2 aliphatic rings. The van der Waals surface area contributed by atoms with E-state index >= 15 is 0 Å². The van der Waals surface area contributed by atoms with Gasteiger partial charge in [0.1, 0.15) is 5.75 Å². The highest BCUT2D eigenvalue weighted by Crippen LogP contribution is 2.49. The van der Waals surface area contributed by atoms with Gasteiger partial charge in [-0.3, -0.25) is 9.78 Å². The molecule has 1 amide bonds. The highest BCUT2D eigenvalue weighted by Gasteiger charge is 2.49. The lowest BCUT2D eigenvalue weighted by molar-refractivity contribution is -0.140. The van der Waals surface area contributed by atoms with Gasteiger partial charge < -0.3 is 19.7 Å². The normalized spacial score (nSPS) is 17.0. The maximum atomic E-state index is 14.2. The molecule has 1 aromatic carbocycles. The number of halogens is 3. The molecule has 8 nitrogen and oxygen atoms in total. The summed E-state index contributed by atoms with van der Waals surface area (Å²) < 4.78 is 53.0. The lowest BCUT2D eigenvalue weighted by atomic mass is 9.92. The summed E-state index contributed by atoms with van der Waals surface area (Å²) in [7, 11) is 1.39. The van der Waals surface area contributed by atoms with Crippen LogP contribution >= 0.6 is 11.8 Å². The second kappa shape index (κ2) is 11.7. The maximum Gasteiger partial charge on any atom is 0.434 e. The minimum absolute atomic E-state index is 0.00225. The second-order valence-electron chi connectivity index (χ2n) is 8.21. The van der Waals surface area contributed by atoms with Crippen LogP contribution in [-0.2, 0) is 20.7 Å². The first-order valence-electron chi connectivity index (χ1n) is 11.8. The van der Waals surface area contributed by atoms with Crippen molar-refractivity contribution in [2.45, 2.75) is 32.0 Å². The van der Waals surface area contributed by atoms with Gasteiger partial charge in [-0.15, -0.1) is 0 Å². The molecular weight excluding hydrogens is 521 g/mol. The number of alkyl halides is 3. The van der Waals surface area contributed by atoms with Gasteiger partial charge in [0.05, 0.1) is 31.8 Å². The molecule has 0 aliphatic carbocycles. The number of ether oxygens (including phenoxy) is 2. The molecule has 4 rings (SSSR count). The average Bonchev–Trinajstić information content (AvgIpc) is 3.30. The number of methoxy groups -OCH3 is 1. The average molecular weight is 547 g/mol. The quantitative estimate of drug-likeness (QED) is 0.463. The Hall–Kier alpha value is -3.80. The molecule has 0 fully saturated rings. The molecule has 1 N–H and O–H groups in total. The van der Waals surface area contributed by atoms with Crippen molar-refractivity contribution < 1.29 is 32.2 Å². The number of pyridine rings is 1. The van der Waals surface area contributed by atoms with Crippen LogP contribution < -0.4 is 10.1 Å². The molecule has 0 saturated heterocycles. The fraction of sp³-hybridized carbons (Fsp3) is 0.308. The van der Waals surface area contributed by atoms with Gasteiger partial charge in [0, 0.05) is 36.1 Å². The van der Waals surface area contributed by atoms with Gasteiger partial charge in [0.25, 0.3) is 0 Å². The summed E-state index contributed by atoms with van der Waals surface area (Å²) in [5, 5.41) is 4.38. The summed E-state index contributed by atoms with van der Waals surface area (Å²) >= 11 is 0.953. The minimum atomic E-state index is -4.92. The summed E-state index contributed by atoms with van der Waals surface area (Å²) in [5.74, 6) is -1.20. The Morgan fingerprint density at radius 2 is 1.92 bits per heavy atom. The zero-order chi connectivity index (χ0) is 27.3. The minimum Gasteiger partial charge on any atom is -0.496 e. The zero-order valence-corrected chi connectivity index (χ0v) is 21.4. The summed E-state index contributed by atoms with van der Waals surface area (Å²) in [6.45, 7) is 1.71. The molecule has 0 bridgehead atoms. The first kappa shape index (κ1) is 27.2. The van der Waals surface area contributed by atoms with Crippen LogP contribution in [-0.4, -0.2) is 53.4 Å². The van der Waals surface area contributed by atoms with Crippen LogP contribution in [0.5, 0.6) is 5.75 Å². The second-order valence-corrected chi connectivity index (χ2v) is 9.05. The van der Waals surface area contributed by atoms with Crippen LogP contribution in [0, 0.1) is 0 Å². The van der Waals surface area contributed by atoms with Crippen molar-refractivity contribution in [2.75, 3.05) is 20.3 Å². The molecule has 200 valence electrons. The van der Waals surface area contributed by atoms with Crippen LogP contribution in [0.4, 0.5) is 13.2 Å². The third-order valence-electron chi connectivity index (χ3n) is 5.78. The molecule has 0 spiro atoms. The van der Waals surface area contributed by atoms with Crippen molar-refractivity contribution in [3.05, 3.63) is 82.3 Å². The van der Waals surface area contributed by atoms with Crippen molar-refractivity contribution in [1.82, 2.24) is 15.2 Å². The van der Waals surface area contributed by atoms with E-state index < -0.39 is 29.5 Å². The monoisotopic (exact) mass is 546 g/mol. The molecule has 12 heteroatoms. The van der Waals surface area contributed by atoms with E-state index in [0.717, 1.165) is 17.5 Å². The highest BCUT2D eigenvalue weighted by atomic mass is 32.2. The number of hydrogen-bond acceptors (Lipinski definition) is 8. The molecule has 1 unspecified atom stereocenters. The number of fused-ring (bicyclic) bond motifs is 1. The van der Waals surface area contributed by atoms with E-state index in [9.17, 15) is 22.8 Å². The van der Waals surface area contributed by atoms with Crippen molar-refractivity contribution in [1.29, 1.82) is 0 Å². The Kier molecular flexibility index (Phi) is 8.40. The molecule has 1 aromatic heterocycles. The van der Waals surface area contributed by atoms with Gasteiger partial charge >= 0.3 is 12.1 Å². The largest absolute Gasteiger partial charge is 0.496 e. The maximum absolute atomic E-state index is 14.2. The fourth-order valence-electron chi connectivity index (χ4n) is 4.18. The topological polar surface area (TPSA) is 93.1 Å². The Balaban J connectivity index is 1.68. The molecule has 38 heavy (non-hydrogen) atoms. The van der Waals surface area contributed by atoms with E-state index in [-0.39, 0.29) is 29.9 Å². The summed E-state index contributed by atoms with van der Waals surface area (Å²) in [6.07, 6.45) is -2.88.